The Labute approximate surface area is 120 Å². The van der Waals surface area contributed by atoms with Crippen LogP contribution in [0.3, 0.4) is 0 Å². The van der Waals surface area contributed by atoms with E-state index in [9.17, 15) is 8.78 Å². The molecule has 0 aliphatic heterocycles. The molecule has 2 aromatic carbocycles. The summed E-state index contributed by atoms with van der Waals surface area (Å²) in [7, 11) is 0. The number of rotatable bonds is 3. The van der Waals surface area contributed by atoms with Gasteiger partial charge in [-0.3, -0.25) is 0 Å². The van der Waals surface area contributed by atoms with E-state index in [1.54, 1.807) is 24.3 Å². The lowest BCUT2D eigenvalue weighted by atomic mass is 10.2. The van der Waals surface area contributed by atoms with Gasteiger partial charge in [-0.2, -0.15) is 0 Å². The van der Waals surface area contributed by atoms with E-state index in [4.69, 9.17) is 0 Å². The van der Waals surface area contributed by atoms with Gasteiger partial charge in [0.1, 0.15) is 11.6 Å². The highest BCUT2D eigenvalue weighted by atomic mass is 79.9. The van der Waals surface area contributed by atoms with Crippen LogP contribution < -0.4 is 5.32 Å². The van der Waals surface area contributed by atoms with Crippen molar-refractivity contribution < 1.29 is 8.78 Å². The molecule has 0 aliphatic carbocycles. The van der Waals surface area contributed by atoms with Gasteiger partial charge < -0.3 is 5.32 Å². The van der Waals surface area contributed by atoms with E-state index in [1.165, 1.54) is 12.1 Å². The predicted octanol–water partition coefficient (Wildman–Crippen LogP) is 5.10. The van der Waals surface area contributed by atoms with Gasteiger partial charge in [0.25, 0.3) is 0 Å². The highest BCUT2D eigenvalue weighted by molar-refractivity contribution is 9.11. The third-order valence-electron chi connectivity index (χ3n) is 2.45. The molecule has 0 radical (unpaired) electrons. The second-order valence-corrected chi connectivity index (χ2v) is 5.31. The van der Waals surface area contributed by atoms with Crippen molar-refractivity contribution in [3.05, 3.63) is 62.5 Å². The molecular formula is C13H9Br2F2N. The molecule has 0 fully saturated rings. The van der Waals surface area contributed by atoms with E-state index in [2.05, 4.69) is 37.2 Å². The van der Waals surface area contributed by atoms with Gasteiger partial charge in [-0.25, -0.2) is 8.78 Å². The van der Waals surface area contributed by atoms with Crippen LogP contribution in [0.2, 0.25) is 0 Å². The molecule has 0 saturated carbocycles. The molecule has 0 bridgehead atoms. The maximum atomic E-state index is 13.6. The molecule has 0 amide bonds. The summed E-state index contributed by atoms with van der Waals surface area (Å²) in [5.41, 5.74) is 1.10. The third kappa shape index (κ3) is 2.90. The molecule has 0 spiro atoms. The van der Waals surface area contributed by atoms with E-state index >= 15 is 0 Å². The smallest absolute Gasteiger partial charge is 0.147 e. The van der Waals surface area contributed by atoms with Crippen LogP contribution in [0.5, 0.6) is 0 Å². The van der Waals surface area contributed by atoms with E-state index < -0.39 is 0 Å². The summed E-state index contributed by atoms with van der Waals surface area (Å²) in [6, 6.07) is 9.48. The lowest BCUT2D eigenvalue weighted by Crippen LogP contribution is -2.03. The highest BCUT2D eigenvalue weighted by Crippen LogP contribution is 2.27. The number of nitrogens with one attached hydrogen (secondary N) is 1. The fourth-order valence-corrected chi connectivity index (χ4v) is 2.42. The van der Waals surface area contributed by atoms with Crippen molar-refractivity contribution in [1.29, 1.82) is 0 Å². The summed E-state index contributed by atoms with van der Waals surface area (Å²) in [6.07, 6.45) is 0. The number of para-hydroxylation sites is 1. The van der Waals surface area contributed by atoms with Gasteiger partial charge >= 0.3 is 0 Å². The second-order valence-electron chi connectivity index (χ2n) is 3.66. The Hall–Kier alpha value is -0.940. The monoisotopic (exact) mass is 375 g/mol. The Morgan fingerprint density at radius 2 is 1.61 bits per heavy atom. The van der Waals surface area contributed by atoms with Gasteiger partial charge in [0.2, 0.25) is 0 Å². The zero-order valence-corrected chi connectivity index (χ0v) is 12.4. The molecule has 0 saturated heterocycles. The number of benzene rings is 2. The molecule has 0 aromatic heterocycles. The summed E-state index contributed by atoms with van der Waals surface area (Å²) >= 11 is 6.44. The number of anilines is 1. The Kier molecular flexibility index (Phi) is 4.35. The van der Waals surface area contributed by atoms with E-state index in [0.717, 1.165) is 5.56 Å². The lowest BCUT2D eigenvalue weighted by molar-refractivity contribution is 0.618. The normalized spacial score (nSPS) is 10.4. The molecule has 0 heterocycles. The average Bonchev–Trinajstić information content (AvgIpc) is 2.33. The Morgan fingerprint density at radius 1 is 0.944 bits per heavy atom. The minimum atomic E-state index is -0.350. The zero-order valence-electron chi connectivity index (χ0n) is 9.18. The quantitative estimate of drug-likeness (QED) is 0.785. The summed E-state index contributed by atoms with van der Waals surface area (Å²) in [5, 5.41) is 2.95. The fraction of sp³-hybridized carbons (Fsp3) is 0.0769. The number of hydrogen-bond acceptors (Lipinski definition) is 1. The number of halogens is 4. The molecule has 5 heteroatoms. The van der Waals surface area contributed by atoms with Crippen LogP contribution in [0.4, 0.5) is 14.5 Å². The maximum absolute atomic E-state index is 13.6. The SMILES string of the molecule is Fc1cccc(CNc2c(F)cccc2Br)c1Br. The van der Waals surface area contributed by atoms with Crippen molar-refractivity contribution in [1.82, 2.24) is 0 Å². The van der Waals surface area contributed by atoms with Crippen LogP contribution in [0, 0.1) is 11.6 Å². The summed E-state index contributed by atoms with van der Waals surface area (Å²) < 4.78 is 27.9. The first kappa shape index (κ1) is 13.5. The first-order chi connectivity index (χ1) is 8.59. The predicted molar refractivity (Wildman–Crippen MR) is 75.5 cm³/mol. The van der Waals surface area contributed by atoms with Gasteiger partial charge in [-0.15, -0.1) is 0 Å². The maximum Gasteiger partial charge on any atom is 0.147 e. The van der Waals surface area contributed by atoms with Crippen molar-refractivity contribution in [3.63, 3.8) is 0 Å². The molecule has 2 rings (SSSR count). The molecule has 18 heavy (non-hydrogen) atoms. The number of hydrogen-bond donors (Lipinski definition) is 1. The van der Waals surface area contributed by atoms with Crippen molar-refractivity contribution in [2.75, 3.05) is 5.32 Å². The van der Waals surface area contributed by atoms with Crippen LogP contribution in [-0.4, -0.2) is 0 Å². The first-order valence-corrected chi connectivity index (χ1v) is 6.79. The molecule has 2 aromatic rings. The molecule has 0 unspecified atom stereocenters. The van der Waals surface area contributed by atoms with Crippen LogP contribution in [0.15, 0.2) is 45.3 Å². The summed E-state index contributed by atoms with van der Waals surface area (Å²) in [4.78, 5) is 0. The molecular weight excluding hydrogens is 368 g/mol. The molecule has 0 atom stereocenters. The van der Waals surface area contributed by atoms with Crippen molar-refractivity contribution in [2.24, 2.45) is 0 Å². The highest BCUT2D eigenvalue weighted by Gasteiger charge is 2.08. The molecule has 1 nitrogen and oxygen atoms in total. The summed E-state index contributed by atoms with van der Waals surface area (Å²) in [6.45, 7) is 0.331. The van der Waals surface area contributed by atoms with E-state index in [-0.39, 0.29) is 11.6 Å². The third-order valence-corrected chi connectivity index (χ3v) is 4.00. The first-order valence-electron chi connectivity index (χ1n) is 5.20. The average molecular weight is 377 g/mol. The van der Waals surface area contributed by atoms with E-state index in [0.29, 0.717) is 21.2 Å². The Balaban J connectivity index is 2.19. The van der Waals surface area contributed by atoms with Crippen molar-refractivity contribution in [2.45, 2.75) is 6.54 Å². The lowest BCUT2D eigenvalue weighted by Gasteiger charge is -2.11. The summed E-state index contributed by atoms with van der Waals surface area (Å²) in [5.74, 6) is -0.682. The Morgan fingerprint density at radius 3 is 2.33 bits per heavy atom. The van der Waals surface area contributed by atoms with E-state index in [1.807, 2.05) is 0 Å². The van der Waals surface area contributed by atoms with Gasteiger partial charge in [0, 0.05) is 11.0 Å². The minimum absolute atomic E-state index is 0.331. The van der Waals surface area contributed by atoms with Crippen molar-refractivity contribution >= 4 is 37.5 Å². The van der Waals surface area contributed by atoms with Crippen molar-refractivity contribution in [3.8, 4) is 0 Å². The molecule has 94 valence electrons. The van der Waals surface area contributed by atoms with Gasteiger partial charge in [0.15, 0.2) is 0 Å². The van der Waals surface area contributed by atoms with Crippen LogP contribution >= 0.6 is 31.9 Å². The minimum Gasteiger partial charge on any atom is -0.378 e. The van der Waals surface area contributed by atoms with Gasteiger partial charge in [0.05, 0.1) is 10.2 Å². The largest absolute Gasteiger partial charge is 0.378 e. The second kappa shape index (κ2) is 5.80. The van der Waals surface area contributed by atoms with Crippen LogP contribution in [-0.2, 0) is 6.54 Å². The zero-order chi connectivity index (χ0) is 13.1. The molecule has 1 N–H and O–H groups in total. The van der Waals surface area contributed by atoms with Crippen LogP contribution in [0.1, 0.15) is 5.56 Å². The van der Waals surface area contributed by atoms with Crippen LogP contribution in [0.25, 0.3) is 0 Å². The molecule has 0 aliphatic rings. The standard InChI is InChI=1S/C13H9Br2F2N/c14-9-4-2-6-11(17)13(9)18-7-8-3-1-5-10(16)12(8)15/h1-6,18H,7H2. The Bertz CT molecular complexity index is 553. The van der Waals surface area contributed by atoms with Gasteiger partial charge in [-0.05, 0) is 55.6 Å². The topological polar surface area (TPSA) is 12.0 Å². The van der Waals surface area contributed by atoms with Gasteiger partial charge in [-0.1, -0.05) is 18.2 Å². The fourth-order valence-electron chi connectivity index (χ4n) is 1.54.